The lowest BCUT2D eigenvalue weighted by Gasteiger charge is -2.24. The van der Waals surface area contributed by atoms with Crippen LogP contribution in [0.15, 0.2) is 42.5 Å². The molecule has 6 heteroatoms. The number of aromatic nitrogens is 2. The van der Waals surface area contributed by atoms with Crippen molar-refractivity contribution >= 4 is 17.4 Å². The molecule has 2 aliphatic carbocycles. The van der Waals surface area contributed by atoms with E-state index >= 15 is 0 Å². The normalized spacial score (nSPS) is 19.4. The molecule has 2 atom stereocenters. The van der Waals surface area contributed by atoms with E-state index in [2.05, 4.69) is 43.4 Å². The minimum absolute atomic E-state index is 0.0585. The predicted octanol–water partition coefficient (Wildman–Crippen LogP) is 6.36. The third kappa shape index (κ3) is 4.32. The summed E-state index contributed by atoms with van der Waals surface area (Å²) in [5.41, 5.74) is 6.40. The van der Waals surface area contributed by atoms with E-state index in [4.69, 9.17) is 31.0 Å². The Labute approximate surface area is 200 Å². The molecule has 1 saturated carbocycles. The molecule has 2 aromatic carbocycles. The molecule has 0 bridgehead atoms. The molecule has 1 N–H and O–H groups in total. The molecule has 5 rings (SSSR count). The number of fused-ring (bicyclic) bond motifs is 1. The van der Waals surface area contributed by atoms with E-state index in [-0.39, 0.29) is 12.1 Å². The van der Waals surface area contributed by atoms with Crippen molar-refractivity contribution in [2.45, 2.75) is 57.6 Å². The van der Waals surface area contributed by atoms with Crippen LogP contribution < -0.4 is 10.1 Å². The molecule has 1 aromatic heterocycles. The maximum absolute atomic E-state index is 6.64. The fourth-order valence-electron chi connectivity index (χ4n) is 4.75. The number of hydrogen-bond acceptors (Lipinski definition) is 5. The van der Waals surface area contributed by atoms with Gasteiger partial charge in [-0.15, -0.1) is 0 Å². The second-order valence-electron chi connectivity index (χ2n) is 8.75. The molecule has 2 aliphatic rings. The zero-order valence-electron chi connectivity index (χ0n) is 19.4. The minimum atomic E-state index is 0.0585. The highest BCUT2D eigenvalue weighted by molar-refractivity contribution is 6.33. The third-order valence-electron chi connectivity index (χ3n) is 6.58. The van der Waals surface area contributed by atoms with Gasteiger partial charge in [0.15, 0.2) is 0 Å². The fourth-order valence-corrected chi connectivity index (χ4v) is 5.01. The number of aryl methyl sites for hydroxylation is 1. The van der Waals surface area contributed by atoms with Crippen LogP contribution in [0.3, 0.4) is 0 Å². The highest BCUT2D eigenvalue weighted by Gasteiger charge is 2.35. The highest BCUT2D eigenvalue weighted by Crippen LogP contribution is 2.45. The lowest BCUT2D eigenvalue weighted by atomic mass is 10.0. The van der Waals surface area contributed by atoms with Gasteiger partial charge in [-0.3, -0.25) is 0 Å². The number of nitrogens with one attached hydrogen (secondary N) is 1. The van der Waals surface area contributed by atoms with E-state index in [1.807, 2.05) is 18.2 Å². The predicted molar refractivity (Wildman–Crippen MR) is 132 cm³/mol. The second kappa shape index (κ2) is 9.32. The molecule has 1 fully saturated rings. The van der Waals surface area contributed by atoms with E-state index in [0.717, 1.165) is 59.9 Å². The molecular weight excluding hydrogens is 434 g/mol. The number of ether oxygens (including phenoxy) is 2. The highest BCUT2D eigenvalue weighted by atomic mass is 35.5. The first-order chi connectivity index (χ1) is 16.1. The molecule has 0 aliphatic heterocycles. The van der Waals surface area contributed by atoms with Crippen molar-refractivity contribution in [3.8, 4) is 17.0 Å². The van der Waals surface area contributed by atoms with Crippen molar-refractivity contribution in [3.63, 3.8) is 0 Å². The topological polar surface area (TPSA) is 56.3 Å². The average Bonchev–Trinajstić information content (AvgIpc) is 3.62. The van der Waals surface area contributed by atoms with Crippen molar-refractivity contribution in [3.05, 3.63) is 70.0 Å². The van der Waals surface area contributed by atoms with Crippen molar-refractivity contribution < 1.29 is 9.47 Å². The summed E-state index contributed by atoms with van der Waals surface area (Å²) in [4.78, 5) is 10.3. The largest absolute Gasteiger partial charge is 0.497 e. The van der Waals surface area contributed by atoms with Gasteiger partial charge in [-0.05, 0) is 55.5 Å². The number of hydrogen-bond donors (Lipinski definition) is 1. The van der Waals surface area contributed by atoms with Crippen LogP contribution in [0.4, 0.5) is 5.82 Å². The summed E-state index contributed by atoms with van der Waals surface area (Å²) in [6.07, 6.45) is 4.03. The summed E-state index contributed by atoms with van der Waals surface area (Å²) in [5, 5.41) is 4.37. The summed E-state index contributed by atoms with van der Waals surface area (Å²) in [7, 11) is 1.65. The minimum Gasteiger partial charge on any atom is -0.497 e. The molecule has 0 radical (unpaired) electrons. The van der Waals surface area contributed by atoms with Crippen LogP contribution in [-0.4, -0.2) is 29.8 Å². The van der Waals surface area contributed by atoms with Crippen LogP contribution in [0, 0.1) is 0 Å². The van der Waals surface area contributed by atoms with E-state index in [1.165, 1.54) is 11.1 Å². The molecule has 5 nitrogen and oxygen atoms in total. The number of rotatable bonds is 8. The SMILES string of the molecule is CCO[C@H]1Cc2ccccc2[C@H]1Nc1nc(C2CC2)c(-c2ccc(OC)cc2Cl)nc1CC. The Hall–Kier alpha value is -2.63. The first-order valence-electron chi connectivity index (χ1n) is 11.8. The standard InChI is InChI=1S/C27H30ClN3O2/c1-4-22-27(31-25-19-9-7-6-8-17(19)14-23(25)33-5-2)30-24(16-10-11-16)26(29-22)20-13-12-18(32-3)15-21(20)28/h6-9,12-13,15-16,23,25H,4-5,10-11,14H2,1-3H3,(H,30,31)/t23-,25+/m0/s1. The second-order valence-corrected chi connectivity index (χ2v) is 9.15. The van der Waals surface area contributed by atoms with Gasteiger partial charge in [-0.2, -0.15) is 0 Å². The van der Waals surface area contributed by atoms with Gasteiger partial charge in [0, 0.05) is 24.5 Å². The van der Waals surface area contributed by atoms with E-state index in [1.54, 1.807) is 7.11 Å². The molecule has 0 unspecified atom stereocenters. The summed E-state index contributed by atoms with van der Waals surface area (Å²) >= 11 is 6.64. The molecule has 33 heavy (non-hydrogen) atoms. The maximum atomic E-state index is 6.64. The molecule has 0 spiro atoms. The van der Waals surface area contributed by atoms with Crippen molar-refractivity contribution in [2.24, 2.45) is 0 Å². The zero-order chi connectivity index (χ0) is 22.9. The summed E-state index contributed by atoms with van der Waals surface area (Å²) in [6, 6.07) is 14.4. The Balaban J connectivity index is 1.56. The van der Waals surface area contributed by atoms with Gasteiger partial charge in [-0.25, -0.2) is 9.97 Å². The van der Waals surface area contributed by atoms with Crippen LogP contribution in [-0.2, 0) is 17.6 Å². The first kappa shape index (κ1) is 22.2. The van der Waals surface area contributed by atoms with Crippen molar-refractivity contribution in [2.75, 3.05) is 19.0 Å². The fraction of sp³-hybridized carbons (Fsp3) is 0.407. The van der Waals surface area contributed by atoms with Gasteiger partial charge < -0.3 is 14.8 Å². The first-order valence-corrected chi connectivity index (χ1v) is 12.2. The number of nitrogens with zero attached hydrogens (tertiary/aromatic N) is 2. The summed E-state index contributed by atoms with van der Waals surface area (Å²) in [5.74, 6) is 2.02. The van der Waals surface area contributed by atoms with Crippen molar-refractivity contribution in [1.29, 1.82) is 0 Å². The number of benzene rings is 2. The van der Waals surface area contributed by atoms with E-state index in [0.29, 0.717) is 17.5 Å². The van der Waals surface area contributed by atoms with Crippen LogP contribution in [0.5, 0.6) is 5.75 Å². The van der Waals surface area contributed by atoms with Gasteiger partial charge in [0.05, 0.1) is 41.4 Å². The Morgan fingerprint density at radius 3 is 2.61 bits per heavy atom. The Morgan fingerprint density at radius 1 is 1.09 bits per heavy atom. The van der Waals surface area contributed by atoms with E-state index in [9.17, 15) is 0 Å². The van der Waals surface area contributed by atoms with Crippen LogP contribution >= 0.6 is 11.6 Å². The van der Waals surface area contributed by atoms with Gasteiger partial charge >= 0.3 is 0 Å². The monoisotopic (exact) mass is 463 g/mol. The van der Waals surface area contributed by atoms with Gasteiger partial charge in [-0.1, -0.05) is 42.8 Å². The summed E-state index contributed by atoms with van der Waals surface area (Å²) < 4.78 is 11.5. The van der Waals surface area contributed by atoms with E-state index < -0.39 is 0 Å². The van der Waals surface area contributed by atoms with Crippen molar-refractivity contribution in [1.82, 2.24) is 9.97 Å². The molecule has 172 valence electrons. The van der Waals surface area contributed by atoms with Gasteiger partial charge in [0.2, 0.25) is 0 Å². The third-order valence-corrected chi connectivity index (χ3v) is 6.89. The maximum Gasteiger partial charge on any atom is 0.148 e. The zero-order valence-corrected chi connectivity index (χ0v) is 20.2. The van der Waals surface area contributed by atoms with Crippen LogP contribution in [0.2, 0.25) is 5.02 Å². The summed E-state index contributed by atoms with van der Waals surface area (Å²) in [6.45, 7) is 4.86. The smallest absolute Gasteiger partial charge is 0.148 e. The lowest BCUT2D eigenvalue weighted by Crippen LogP contribution is -2.26. The lowest BCUT2D eigenvalue weighted by molar-refractivity contribution is 0.0573. The molecule has 0 amide bonds. The molecule has 3 aromatic rings. The van der Waals surface area contributed by atoms with Gasteiger partial charge in [0.25, 0.3) is 0 Å². The Morgan fingerprint density at radius 2 is 1.91 bits per heavy atom. The number of anilines is 1. The molecule has 0 saturated heterocycles. The molecule has 1 heterocycles. The quantitative estimate of drug-likeness (QED) is 0.421. The van der Waals surface area contributed by atoms with Gasteiger partial charge in [0.1, 0.15) is 11.6 Å². The van der Waals surface area contributed by atoms with Crippen LogP contribution in [0.1, 0.15) is 61.2 Å². The average molecular weight is 464 g/mol. The number of halogens is 1. The molecular formula is C27H30ClN3O2. The van der Waals surface area contributed by atoms with Crippen LogP contribution in [0.25, 0.3) is 11.3 Å². The Bertz CT molecular complexity index is 1160. The Kier molecular flexibility index (Phi) is 6.26. The number of methoxy groups -OCH3 is 1.